The number of carboxylic acids is 1. The number of rotatable bonds is 3. The third kappa shape index (κ3) is 2.96. The Morgan fingerprint density at radius 2 is 2.00 bits per heavy atom. The van der Waals surface area contributed by atoms with Gasteiger partial charge in [-0.2, -0.15) is 0 Å². The third-order valence-corrected chi connectivity index (χ3v) is 1.90. The van der Waals surface area contributed by atoms with Crippen LogP contribution in [0.1, 0.15) is 0 Å². The SMILES string of the molecule is O=C([O-])Cn1cc(-c2ccccc2)nn1.[Li+]. The number of aromatic nitrogens is 3. The summed E-state index contributed by atoms with van der Waals surface area (Å²) < 4.78 is 1.23. The van der Waals surface area contributed by atoms with Crippen LogP contribution < -0.4 is 24.0 Å². The molecule has 0 saturated heterocycles. The van der Waals surface area contributed by atoms with Crippen LogP contribution in [0.4, 0.5) is 0 Å². The van der Waals surface area contributed by atoms with Crippen LogP contribution in [0.5, 0.6) is 0 Å². The van der Waals surface area contributed by atoms with E-state index in [2.05, 4.69) is 10.3 Å². The molecule has 1 aromatic carbocycles. The van der Waals surface area contributed by atoms with Gasteiger partial charge in [-0.25, -0.2) is 4.68 Å². The molecule has 0 fully saturated rings. The fourth-order valence-electron chi connectivity index (χ4n) is 1.25. The molecular weight excluding hydrogens is 201 g/mol. The molecule has 16 heavy (non-hydrogen) atoms. The Bertz CT molecular complexity index is 470. The fourth-order valence-corrected chi connectivity index (χ4v) is 1.25. The molecule has 0 N–H and O–H groups in total. The van der Waals surface area contributed by atoms with Crippen molar-refractivity contribution >= 4 is 5.97 Å². The first-order valence-corrected chi connectivity index (χ1v) is 4.41. The van der Waals surface area contributed by atoms with Crippen molar-refractivity contribution in [2.45, 2.75) is 6.54 Å². The van der Waals surface area contributed by atoms with Crippen molar-refractivity contribution in [2.75, 3.05) is 0 Å². The maximum absolute atomic E-state index is 10.3. The number of hydrogen-bond acceptors (Lipinski definition) is 4. The molecule has 0 saturated carbocycles. The maximum atomic E-state index is 10.3. The van der Waals surface area contributed by atoms with Crippen molar-refractivity contribution in [3.05, 3.63) is 36.5 Å². The molecular formula is C10H8LiN3O2. The van der Waals surface area contributed by atoms with Crippen LogP contribution in [-0.4, -0.2) is 21.0 Å². The Morgan fingerprint density at radius 1 is 1.31 bits per heavy atom. The number of nitrogens with zero attached hydrogens (tertiary/aromatic N) is 3. The average molecular weight is 209 g/mol. The second-order valence-electron chi connectivity index (χ2n) is 3.04. The van der Waals surface area contributed by atoms with E-state index in [-0.39, 0.29) is 25.4 Å². The van der Waals surface area contributed by atoms with E-state index < -0.39 is 5.97 Å². The molecule has 76 valence electrons. The van der Waals surface area contributed by atoms with E-state index in [1.165, 1.54) is 4.68 Å². The summed E-state index contributed by atoms with van der Waals surface area (Å²) in [5.41, 5.74) is 1.55. The number of carboxylic acid groups (broad SMARTS) is 1. The van der Waals surface area contributed by atoms with Gasteiger partial charge in [-0.15, -0.1) is 5.10 Å². The Labute approximate surface area is 104 Å². The van der Waals surface area contributed by atoms with Crippen LogP contribution in [-0.2, 0) is 11.3 Å². The van der Waals surface area contributed by atoms with E-state index in [9.17, 15) is 9.90 Å². The molecule has 1 heterocycles. The summed E-state index contributed by atoms with van der Waals surface area (Å²) in [4.78, 5) is 10.3. The van der Waals surface area contributed by atoms with E-state index >= 15 is 0 Å². The van der Waals surface area contributed by atoms with Crippen molar-refractivity contribution in [1.29, 1.82) is 0 Å². The van der Waals surface area contributed by atoms with E-state index in [0.717, 1.165) is 5.56 Å². The van der Waals surface area contributed by atoms with Gasteiger partial charge >= 0.3 is 18.9 Å². The fraction of sp³-hybridized carbons (Fsp3) is 0.100. The molecule has 0 radical (unpaired) electrons. The molecule has 0 amide bonds. The van der Waals surface area contributed by atoms with E-state index in [1.807, 2.05) is 30.3 Å². The van der Waals surface area contributed by atoms with Gasteiger partial charge in [0, 0.05) is 5.56 Å². The topological polar surface area (TPSA) is 70.8 Å². The molecule has 0 bridgehead atoms. The Morgan fingerprint density at radius 3 is 2.62 bits per heavy atom. The zero-order chi connectivity index (χ0) is 10.7. The van der Waals surface area contributed by atoms with Crippen molar-refractivity contribution in [3.63, 3.8) is 0 Å². The molecule has 0 aliphatic heterocycles. The van der Waals surface area contributed by atoms with Gasteiger partial charge in [0.2, 0.25) is 0 Å². The van der Waals surface area contributed by atoms with Crippen LogP contribution in [0, 0.1) is 0 Å². The van der Waals surface area contributed by atoms with E-state index in [1.54, 1.807) is 6.20 Å². The van der Waals surface area contributed by atoms with Gasteiger partial charge < -0.3 is 9.90 Å². The largest absolute Gasteiger partial charge is 1.00 e. The van der Waals surface area contributed by atoms with Gasteiger partial charge in [0.05, 0.1) is 18.7 Å². The number of benzene rings is 1. The van der Waals surface area contributed by atoms with Gasteiger partial charge in [0.25, 0.3) is 0 Å². The van der Waals surface area contributed by atoms with Crippen LogP contribution >= 0.6 is 0 Å². The Balaban J connectivity index is 0.00000128. The van der Waals surface area contributed by atoms with Gasteiger partial charge in [-0.05, 0) is 0 Å². The molecule has 5 nitrogen and oxygen atoms in total. The first-order valence-electron chi connectivity index (χ1n) is 4.41. The minimum Gasteiger partial charge on any atom is -0.548 e. The minimum atomic E-state index is -1.18. The zero-order valence-electron chi connectivity index (χ0n) is 8.83. The number of carbonyl (C=O) groups is 1. The van der Waals surface area contributed by atoms with Crippen molar-refractivity contribution in [2.24, 2.45) is 0 Å². The number of carbonyl (C=O) groups excluding carboxylic acids is 1. The van der Waals surface area contributed by atoms with Crippen LogP contribution in [0.3, 0.4) is 0 Å². The predicted octanol–water partition coefficient (Wildman–Crippen LogP) is -3.30. The third-order valence-electron chi connectivity index (χ3n) is 1.90. The molecule has 2 aromatic rings. The minimum absolute atomic E-state index is 0. The summed E-state index contributed by atoms with van der Waals surface area (Å²) in [5.74, 6) is -1.18. The van der Waals surface area contributed by atoms with Gasteiger partial charge in [-0.1, -0.05) is 35.5 Å². The van der Waals surface area contributed by atoms with E-state index in [4.69, 9.17) is 0 Å². The zero-order valence-corrected chi connectivity index (χ0v) is 8.83. The summed E-state index contributed by atoms with van der Waals surface area (Å²) >= 11 is 0. The first kappa shape index (κ1) is 12.5. The summed E-state index contributed by atoms with van der Waals surface area (Å²) in [6.45, 7) is -0.278. The van der Waals surface area contributed by atoms with Crippen LogP contribution in [0.2, 0.25) is 0 Å². The normalized spacial score (nSPS) is 9.50. The van der Waals surface area contributed by atoms with Crippen LogP contribution in [0.25, 0.3) is 11.3 Å². The molecule has 0 spiro atoms. The average Bonchev–Trinajstić information content (AvgIpc) is 2.67. The maximum Gasteiger partial charge on any atom is 1.00 e. The summed E-state index contributed by atoms with van der Waals surface area (Å²) in [5, 5.41) is 17.9. The van der Waals surface area contributed by atoms with Crippen LogP contribution in [0.15, 0.2) is 36.5 Å². The molecule has 0 atom stereocenters. The Kier molecular flexibility index (Phi) is 4.29. The standard InChI is InChI=1S/C10H9N3O2.Li/c14-10(15)7-13-6-9(11-12-13)8-4-2-1-3-5-8;/h1-6H,7H2,(H,14,15);/q;+1/p-1. The summed E-state index contributed by atoms with van der Waals surface area (Å²) in [6.07, 6.45) is 1.57. The number of aliphatic carboxylic acids is 1. The van der Waals surface area contributed by atoms with Crippen molar-refractivity contribution in [3.8, 4) is 11.3 Å². The Hall–Kier alpha value is -1.57. The summed E-state index contributed by atoms with van der Waals surface area (Å²) in [6, 6.07) is 9.43. The quantitative estimate of drug-likeness (QED) is 0.496. The molecule has 0 aliphatic rings. The molecule has 2 rings (SSSR count). The molecule has 0 aliphatic carbocycles. The van der Waals surface area contributed by atoms with Gasteiger partial charge in [0.15, 0.2) is 0 Å². The van der Waals surface area contributed by atoms with Gasteiger partial charge in [0.1, 0.15) is 5.69 Å². The predicted molar refractivity (Wildman–Crippen MR) is 50.5 cm³/mol. The monoisotopic (exact) mass is 209 g/mol. The smallest absolute Gasteiger partial charge is 0.548 e. The molecule has 0 unspecified atom stereocenters. The van der Waals surface area contributed by atoms with Gasteiger partial charge in [-0.3, -0.25) is 0 Å². The van der Waals surface area contributed by atoms with E-state index in [0.29, 0.717) is 5.69 Å². The second kappa shape index (κ2) is 5.49. The first-order chi connectivity index (χ1) is 7.25. The summed E-state index contributed by atoms with van der Waals surface area (Å²) in [7, 11) is 0. The molecule has 6 heteroatoms. The van der Waals surface area contributed by atoms with Crippen molar-refractivity contribution in [1.82, 2.24) is 15.0 Å². The molecule has 1 aromatic heterocycles. The van der Waals surface area contributed by atoms with Crippen molar-refractivity contribution < 1.29 is 28.8 Å². The second-order valence-corrected chi connectivity index (χ2v) is 3.04. The number of hydrogen-bond donors (Lipinski definition) is 0.